The summed E-state index contributed by atoms with van der Waals surface area (Å²) in [7, 11) is 0. The molecule has 0 amide bonds. The zero-order valence-corrected chi connectivity index (χ0v) is 12.1. The number of hydrogen-bond acceptors (Lipinski definition) is 4. The Balaban J connectivity index is 2.23. The molecule has 0 aliphatic rings. The Labute approximate surface area is 132 Å². The minimum atomic E-state index is -4.63. The summed E-state index contributed by atoms with van der Waals surface area (Å²) in [5.41, 5.74) is -2.04. The number of rotatable bonds is 6. The van der Waals surface area contributed by atoms with Crippen molar-refractivity contribution in [2.75, 3.05) is 6.61 Å². The van der Waals surface area contributed by atoms with Crippen molar-refractivity contribution in [2.45, 2.75) is 25.6 Å². The van der Waals surface area contributed by atoms with Crippen molar-refractivity contribution >= 4 is 0 Å². The summed E-state index contributed by atoms with van der Waals surface area (Å²) in [5, 5.41) is 3.72. The van der Waals surface area contributed by atoms with Gasteiger partial charge in [0, 0.05) is 24.8 Å². The van der Waals surface area contributed by atoms with Crippen LogP contribution in [0.25, 0.3) is 0 Å². The highest BCUT2D eigenvalue weighted by Crippen LogP contribution is 2.31. The fourth-order valence-electron chi connectivity index (χ4n) is 1.84. The Morgan fingerprint density at radius 2 is 1.96 bits per heavy atom. The molecule has 0 spiro atoms. The number of alkyl halides is 5. The number of aromatic nitrogens is 3. The number of ether oxygens (including phenoxy) is 1. The van der Waals surface area contributed by atoms with Crippen LogP contribution in [0.15, 0.2) is 35.3 Å². The summed E-state index contributed by atoms with van der Waals surface area (Å²) < 4.78 is 68.6. The molecule has 0 unspecified atom stereocenters. The predicted octanol–water partition coefficient (Wildman–Crippen LogP) is 2.74. The van der Waals surface area contributed by atoms with Gasteiger partial charge in [-0.1, -0.05) is 0 Å². The average Bonchev–Trinajstić information content (AvgIpc) is 2.49. The van der Waals surface area contributed by atoms with Crippen molar-refractivity contribution in [1.29, 1.82) is 0 Å². The minimum absolute atomic E-state index is 0.139. The van der Waals surface area contributed by atoms with Crippen molar-refractivity contribution in [3.05, 3.63) is 52.1 Å². The van der Waals surface area contributed by atoms with E-state index in [0.717, 1.165) is 28.9 Å². The molecule has 24 heavy (non-hydrogen) atoms. The molecule has 0 aliphatic carbocycles. The van der Waals surface area contributed by atoms with Gasteiger partial charge in [0.2, 0.25) is 12.3 Å². The molecule has 130 valence electrons. The second kappa shape index (κ2) is 7.37. The number of nitrogens with zero attached hydrogens (tertiary/aromatic N) is 3. The Kier molecular flexibility index (Phi) is 5.47. The van der Waals surface area contributed by atoms with Crippen LogP contribution in [0.3, 0.4) is 0 Å². The molecule has 0 saturated carbocycles. The van der Waals surface area contributed by atoms with Gasteiger partial charge >= 0.3 is 6.18 Å². The fourth-order valence-corrected chi connectivity index (χ4v) is 1.84. The molecular weight excluding hydrogens is 337 g/mol. The van der Waals surface area contributed by atoms with Crippen LogP contribution >= 0.6 is 0 Å². The van der Waals surface area contributed by atoms with Gasteiger partial charge in [0.1, 0.15) is 0 Å². The van der Waals surface area contributed by atoms with Gasteiger partial charge in [-0.05, 0) is 12.1 Å². The second-order valence-corrected chi connectivity index (χ2v) is 4.69. The first-order valence-electron chi connectivity index (χ1n) is 6.77. The molecule has 0 aliphatic heterocycles. The normalized spacial score (nSPS) is 11.8. The lowest BCUT2D eigenvalue weighted by Gasteiger charge is -2.12. The lowest BCUT2D eigenvalue weighted by molar-refractivity contribution is -0.138. The molecule has 10 heteroatoms. The average molecular weight is 349 g/mol. The van der Waals surface area contributed by atoms with Crippen LogP contribution in [0.5, 0.6) is 5.88 Å². The van der Waals surface area contributed by atoms with Gasteiger partial charge in [-0.3, -0.25) is 9.78 Å². The minimum Gasteiger partial charge on any atom is -0.476 e. The summed E-state index contributed by atoms with van der Waals surface area (Å²) in [4.78, 5) is 15.4. The third kappa shape index (κ3) is 4.74. The molecule has 2 aromatic heterocycles. The highest BCUT2D eigenvalue weighted by atomic mass is 19.4. The van der Waals surface area contributed by atoms with Crippen LogP contribution in [-0.4, -0.2) is 27.8 Å². The van der Waals surface area contributed by atoms with Gasteiger partial charge in [0.25, 0.3) is 5.56 Å². The van der Waals surface area contributed by atoms with Crippen molar-refractivity contribution in [3.63, 3.8) is 0 Å². The van der Waals surface area contributed by atoms with Gasteiger partial charge in [0.15, 0.2) is 0 Å². The Morgan fingerprint density at radius 3 is 2.62 bits per heavy atom. The SMILES string of the molecule is O=c1ccc(OCCC(F)F)nn1Cc1ncccc1C(F)(F)F. The van der Waals surface area contributed by atoms with E-state index in [1.165, 1.54) is 6.20 Å². The van der Waals surface area contributed by atoms with Gasteiger partial charge in [-0.15, -0.1) is 5.10 Å². The molecule has 0 saturated heterocycles. The van der Waals surface area contributed by atoms with Crippen molar-refractivity contribution in [3.8, 4) is 5.88 Å². The molecule has 5 nitrogen and oxygen atoms in total. The highest BCUT2D eigenvalue weighted by molar-refractivity contribution is 5.23. The zero-order valence-electron chi connectivity index (χ0n) is 12.1. The van der Waals surface area contributed by atoms with Crippen LogP contribution in [0.2, 0.25) is 0 Å². The first-order valence-corrected chi connectivity index (χ1v) is 6.77. The lowest BCUT2D eigenvalue weighted by Crippen LogP contribution is -2.25. The van der Waals surface area contributed by atoms with Crippen molar-refractivity contribution in [2.24, 2.45) is 0 Å². The quantitative estimate of drug-likeness (QED) is 0.753. The highest BCUT2D eigenvalue weighted by Gasteiger charge is 2.33. The van der Waals surface area contributed by atoms with E-state index >= 15 is 0 Å². The Hall–Kier alpha value is -2.52. The summed E-state index contributed by atoms with van der Waals surface area (Å²) in [5.74, 6) is -0.139. The summed E-state index contributed by atoms with van der Waals surface area (Å²) in [6, 6.07) is 4.16. The molecule has 0 atom stereocenters. The number of hydrogen-bond donors (Lipinski definition) is 0. The Bertz CT molecular complexity index is 746. The zero-order chi connectivity index (χ0) is 17.7. The van der Waals surface area contributed by atoms with Crippen LogP contribution in [0.4, 0.5) is 22.0 Å². The van der Waals surface area contributed by atoms with E-state index in [1.807, 2.05) is 0 Å². The van der Waals surface area contributed by atoms with Gasteiger partial charge in [0.05, 0.1) is 24.4 Å². The van der Waals surface area contributed by atoms with Gasteiger partial charge in [-0.25, -0.2) is 13.5 Å². The molecule has 0 fully saturated rings. The number of pyridine rings is 1. The third-order valence-electron chi connectivity index (χ3n) is 2.92. The van der Waals surface area contributed by atoms with Gasteiger partial charge < -0.3 is 4.74 Å². The largest absolute Gasteiger partial charge is 0.476 e. The molecule has 0 bridgehead atoms. The molecule has 2 heterocycles. The van der Waals surface area contributed by atoms with Crippen LogP contribution in [0, 0.1) is 0 Å². The van der Waals surface area contributed by atoms with E-state index in [1.54, 1.807) is 0 Å². The molecule has 0 aromatic carbocycles. The summed E-state index contributed by atoms with van der Waals surface area (Å²) in [6.45, 7) is -0.860. The Morgan fingerprint density at radius 1 is 1.21 bits per heavy atom. The second-order valence-electron chi connectivity index (χ2n) is 4.69. The molecular formula is C14H12F5N3O2. The first kappa shape index (κ1) is 17.8. The molecule has 2 aromatic rings. The lowest BCUT2D eigenvalue weighted by atomic mass is 10.2. The monoisotopic (exact) mass is 349 g/mol. The van der Waals surface area contributed by atoms with Crippen LogP contribution in [0.1, 0.15) is 17.7 Å². The number of halogens is 5. The van der Waals surface area contributed by atoms with Crippen LogP contribution in [-0.2, 0) is 12.7 Å². The van der Waals surface area contributed by atoms with Crippen LogP contribution < -0.4 is 10.3 Å². The molecule has 2 rings (SSSR count). The molecule has 0 N–H and O–H groups in total. The van der Waals surface area contributed by atoms with E-state index in [-0.39, 0.29) is 18.2 Å². The third-order valence-corrected chi connectivity index (χ3v) is 2.92. The predicted molar refractivity (Wildman–Crippen MR) is 73.0 cm³/mol. The fraction of sp³-hybridized carbons (Fsp3) is 0.357. The van der Waals surface area contributed by atoms with Gasteiger partial charge in [-0.2, -0.15) is 13.2 Å². The maximum absolute atomic E-state index is 12.9. The standard InChI is InChI=1S/C14H12F5N3O2/c15-11(16)5-7-24-12-3-4-13(23)22(21-12)8-10-9(14(17,18)19)2-1-6-20-10/h1-4,6,11H,5,7-8H2. The van der Waals surface area contributed by atoms with Crippen molar-refractivity contribution in [1.82, 2.24) is 14.8 Å². The topological polar surface area (TPSA) is 57.0 Å². The molecule has 0 radical (unpaired) electrons. The maximum atomic E-state index is 12.9. The summed E-state index contributed by atoms with van der Waals surface area (Å²) in [6.07, 6.45) is -6.55. The van der Waals surface area contributed by atoms with E-state index in [0.29, 0.717) is 0 Å². The van der Waals surface area contributed by atoms with E-state index in [9.17, 15) is 26.7 Å². The van der Waals surface area contributed by atoms with E-state index in [4.69, 9.17) is 4.74 Å². The van der Waals surface area contributed by atoms with E-state index < -0.39 is 36.7 Å². The smallest absolute Gasteiger partial charge is 0.418 e. The maximum Gasteiger partial charge on any atom is 0.418 e. The summed E-state index contributed by atoms with van der Waals surface area (Å²) >= 11 is 0. The van der Waals surface area contributed by atoms with E-state index in [2.05, 4.69) is 10.1 Å². The first-order chi connectivity index (χ1) is 11.3. The van der Waals surface area contributed by atoms with Crippen molar-refractivity contribution < 1.29 is 26.7 Å².